The lowest BCUT2D eigenvalue weighted by Gasteiger charge is -2.32. The van der Waals surface area contributed by atoms with Gasteiger partial charge >= 0.3 is 0 Å². The van der Waals surface area contributed by atoms with E-state index in [1.165, 1.54) is 0 Å². The van der Waals surface area contributed by atoms with Crippen molar-refractivity contribution in [2.24, 2.45) is 5.92 Å². The lowest BCUT2D eigenvalue weighted by atomic mass is 9.94. The van der Waals surface area contributed by atoms with Crippen LogP contribution in [0.1, 0.15) is 19.8 Å². The van der Waals surface area contributed by atoms with Crippen molar-refractivity contribution in [3.05, 3.63) is 24.7 Å². The Kier molecular flexibility index (Phi) is 2.74. The summed E-state index contributed by atoms with van der Waals surface area (Å²) >= 11 is 0. The van der Waals surface area contributed by atoms with Gasteiger partial charge in [-0.3, -0.25) is 4.79 Å². The number of fused-ring (bicyclic) bond motifs is 1. The van der Waals surface area contributed by atoms with Crippen LogP contribution in [0.3, 0.4) is 0 Å². The number of carbonyl (C=O) groups is 1. The molecule has 0 aromatic carbocycles. The quantitative estimate of drug-likeness (QED) is 0.804. The summed E-state index contributed by atoms with van der Waals surface area (Å²) in [5.74, 6) is 1.35. The van der Waals surface area contributed by atoms with E-state index in [1.807, 2.05) is 16.8 Å². The van der Waals surface area contributed by atoms with Gasteiger partial charge in [0, 0.05) is 31.4 Å². The van der Waals surface area contributed by atoms with E-state index in [2.05, 4.69) is 15.0 Å². The second-order valence-electron chi connectivity index (χ2n) is 4.81. The number of anilines is 1. The molecule has 5 nitrogen and oxygen atoms in total. The Balaban J connectivity index is 1.94. The Labute approximate surface area is 105 Å². The second-order valence-corrected chi connectivity index (χ2v) is 4.81. The number of hydrogen-bond acceptors (Lipinski definition) is 4. The molecule has 1 fully saturated rings. The van der Waals surface area contributed by atoms with E-state index in [0.717, 1.165) is 37.3 Å². The zero-order valence-electron chi connectivity index (χ0n) is 10.4. The number of carbonyl (C=O) groups excluding carboxylic acids is 1. The third-order valence-corrected chi connectivity index (χ3v) is 3.60. The fourth-order valence-electron chi connectivity index (χ4n) is 2.59. The minimum Gasteiger partial charge on any atom is -0.354 e. The maximum atomic E-state index is 11.5. The Morgan fingerprint density at radius 1 is 1.44 bits per heavy atom. The summed E-state index contributed by atoms with van der Waals surface area (Å²) in [4.78, 5) is 18.2. The van der Waals surface area contributed by atoms with Crippen LogP contribution in [0.4, 0.5) is 5.82 Å². The van der Waals surface area contributed by atoms with Gasteiger partial charge in [-0.05, 0) is 25.8 Å². The fraction of sp³-hybridized carbons (Fsp3) is 0.462. The molecule has 94 valence electrons. The standard InChI is InChI=1S/C13H16N4O/c1-10(18)11-3-2-7-16(9-11)13-12-4-5-15-17(12)8-6-14-13/h4-6,8,11H,2-3,7,9H2,1H3. The smallest absolute Gasteiger partial charge is 0.154 e. The van der Waals surface area contributed by atoms with Crippen LogP contribution in [0, 0.1) is 5.92 Å². The van der Waals surface area contributed by atoms with Gasteiger partial charge in [0.15, 0.2) is 5.82 Å². The topological polar surface area (TPSA) is 50.5 Å². The zero-order chi connectivity index (χ0) is 12.5. The second kappa shape index (κ2) is 4.40. The highest BCUT2D eigenvalue weighted by molar-refractivity contribution is 5.79. The molecule has 1 saturated heterocycles. The molecule has 2 aromatic heterocycles. The molecule has 18 heavy (non-hydrogen) atoms. The number of aromatic nitrogens is 3. The third kappa shape index (κ3) is 1.85. The summed E-state index contributed by atoms with van der Waals surface area (Å²) in [6, 6.07) is 1.96. The van der Waals surface area contributed by atoms with Crippen LogP contribution in [0.5, 0.6) is 0 Å². The number of hydrogen-bond donors (Lipinski definition) is 0. The van der Waals surface area contributed by atoms with Gasteiger partial charge in [0.25, 0.3) is 0 Å². The van der Waals surface area contributed by atoms with Crippen LogP contribution in [0.2, 0.25) is 0 Å². The van der Waals surface area contributed by atoms with Crippen molar-refractivity contribution in [3.63, 3.8) is 0 Å². The number of rotatable bonds is 2. The van der Waals surface area contributed by atoms with Gasteiger partial charge in [-0.25, -0.2) is 9.50 Å². The number of Topliss-reactive ketones (excluding diaryl/α,β-unsaturated/α-hetero) is 1. The molecule has 0 aliphatic carbocycles. The number of piperidine rings is 1. The normalized spacial score (nSPS) is 20.3. The molecule has 0 spiro atoms. The van der Waals surface area contributed by atoms with Crippen molar-refractivity contribution >= 4 is 17.1 Å². The van der Waals surface area contributed by atoms with E-state index in [9.17, 15) is 4.79 Å². The zero-order valence-corrected chi connectivity index (χ0v) is 10.4. The Bertz CT molecular complexity index is 577. The van der Waals surface area contributed by atoms with Crippen molar-refractivity contribution in [1.82, 2.24) is 14.6 Å². The molecular formula is C13H16N4O. The Hall–Kier alpha value is -1.91. The van der Waals surface area contributed by atoms with Crippen LogP contribution in [0.15, 0.2) is 24.7 Å². The van der Waals surface area contributed by atoms with Crippen molar-refractivity contribution < 1.29 is 4.79 Å². The van der Waals surface area contributed by atoms with Crippen molar-refractivity contribution in [3.8, 4) is 0 Å². The van der Waals surface area contributed by atoms with Gasteiger partial charge in [0.2, 0.25) is 0 Å². The van der Waals surface area contributed by atoms with E-state index in [0.29, 0.717) is 0 Å². The largest absolute Gasteiger partial charge is 0.354 e. The molecule has 0 bridgehead atoms. The van der Waals surface area contributed by atoms with E-state index in [1.54, 1.807) is 19.3 Å². The monoisotopic (exact) mass is 244 g/mol. The molecule has 2 aromatic rings. The summed E-state index contributed by atoms with van der Waals surface area (Å²) in [5, 5.41) is 4.21. The number of nitrogens with zero attached hydrogens (tertiary/aromatic N) is 4. The summed E-state index contributed by atoms with van der Waals surface area (Å²) in [5.41, 5.74) is 1.00. The van der Waals surface area contributed by atoms with Gasteiger partial charge in [-0.15, -0.1) is 0 Å². The molecule has 1 atom stereocenters. The molecule has 1 aliphatic rings. The summed E-state index contributed by atoms with van der Waals surface area (Å²) in [6.45, 7) is 3.41. The summed E-state index contributed by atoms with van der Waals surface area (Å²) in [6.07, 6.45) is 7.40. The van der Waals surface area contributed by atoms with Crippen molar-refractivity contribution in [1.29, 1.82) is 0 Å². The molecule has 0 N–H and O–H groups in total. The minimum atomic E-state index is 0.142. The molecule has 1 unspecified atom stereocenters. The Morgan fingerprint density at radius 2 is 2.33 bits per heavy atom. The molecule has 3 rings (SSSR count). The highest BCUT2D eigenvalue weighted by Crippen LogP contribution is 2.25. The van der Waals surface area contributed by atoms with E-state index in [4.69, 9.17) is 0 Å². The van der Waals surface area contributed by atoms with E-state index in [-0.39, 0.29) is 11.7 Å². The lowest BCUT2D eigenvalue weighted by molar-refractivity contribution is -0.120. The SMILES string of the molecule is CC(=O)C1CCCN(c2nccn3nccc23)C1. The van der Waals surface area contributed by atoms with Gasteiger partial charge in [0.05, 0.1) is 6.20 Å². The van der Waals surface area contributed by atoms with Crippen LogP contribution in [-0.4, -0.2) is 33.5 Å². The van der Waals surface area contributed by atoms with Crippen LogP contribution >= 0.6 is 0 Å². The van der Waals surface area contributed by atoms with Crippen LogP contribution < -0.4 is 4.90 Å². The maximum Gasteiger partial charge on any atom is 0.154 e. The molecule has 0 amide bonds. The van der Waals surface area contributed by atoms with Crippen molar-refractivity contribution in [2.75, 3.05) is 18.0 Å². The average molecular weight is 244 g/mol. The van der Waals surface area contributed by atoms with E-state index < -0.39 is 0 Å². The van der Waals surface area contributed by atoms with Crippen molar-refractivity contribution in [2.45, 2.75) is 19.8 Å². The first-order chi connectivity index (χ1) is 8.75. The molecule has 0 saturated carbocycles. The van der Waals surface area contributed by atoms with Gasteiger partial charge in [-0.2, -0.15) is 5.10 Å². The van der Waals surface area contributed by atoms with Crippen LogP contribution in [-0.2, 0) is 4.79 Å². The summed E-state index contributed by atoms with van der Waals surface area (Å²) in [7, 11) is 0. The molecule has 1 aliphatic heterocycles. The molecule has 5 heteroatoms. The maximum absolute atomic E-state index is 11.5. The average Bonchev–Trinajstić information content (AvgIpc) is 2.87. The third-order valence-electron chi connectivity index (χ3n) is 3.60. The minimum absolute atomic E-state index is 0.142. The van der Waals surface area contributed by atoms with Gasteiger partial charge in [-0.1, -0.05) is 0 Å². The van der Waals surface area contributed by atoms with E-state index >= 15 is 0 Å². The predicted octanol–water partition coefficient (Wildman–Crippen LogP) is 1.53. The first kappa shape index (κ1) is 11.2. The lowest BCUT2D eigenvalue weighted by Crippen LogP contribution is -2.38. The first-order valence-corrected chi connectivity index (χ1v) is 6.29. The van der Waals surface area contributed by atoms with Crippen LogP contribution in [0.25, 0.3) is 5.52 Å². The molecule has 0 radical (unpaired) electrons. The molecular weight excluding hydrogens is 228 g/mol. The molecule has 3 heterocycles. The highest BCUT2D eigenvalue weighted by Gasteiger charge is 2.25. The summed E-state index contributed by atoms with van der Waals surface area (Å²) < 4.78 is 1.82. The highest BCUT2D eigenvalue weighted by atomic mass is 16.1. The predicted molar refractivity (Wildman–Crippen MR) is 68.6 cm³/mol. The first-order valence-electron chi connectivity index (χ1n) is 6.29. The van der Waals surface area contributed by atoms with Gasteiger partial charge < -0.3 is 4.90 Å². The fourth-order valence-corrected chi connectivity index (χ4v) is 2.59. The Morgan fingerprint density at radius 3 is 3.17 bits per heavy atom. The number of ketones is 1. The van der Waals surface area contributed by atoms with Gasteiger partial charge in [0.1, 0.15) is 11.3 Å².